The molecule has 0 aliphatic carbocycles. The maximum atomic E-state index is 12.6. The molecule has 0 saturated heterocycles. The summed E-state index contributed by atoms with van der Waals surface area (Å²) < 4.78 is 37.9. The zero-order valence-electron chi connectivity index (χ0n) is 9.04. The quantitative estimate of drug-likeness (QED) is 0.495. The van der Waals surface area contributed by atoms with Gasteiger partial charge in [-0.15, -0.1) is 0 Å². The van der Waals surface area contributed by atoms with Gasteiger partial charge in [0, 0.05) is 4.91 Å². The molecule has 2 atom stereocenters. The number of azide groups is 1. The molecule has 0 saturated carbocycles. The van der Waals surface area contributed by atoms with Crippen LogP contribution in [0, 0.1) is 0 Å². The molecule has 5 nitrogen and oxygen atoms in total. The summed E-state index contributed by atoms with van der Waals surface area (Å²) in [5.41, 5.74) is 6.55. The van der Waals surface area contributed by atoms with E-state index in [1.807, 2.05) is 0 Å². The van der Waals surface area contributed by atoms with Crippen LogP contribution in [-0.2, 0) is 6.18 Å². The lowest BCUT2D eigenvalue weighted by Crippen LogP contribution is -2.24. The van der Waals surface area contributed by atoms with Crippen LogP contribution >= 0.6 is 0 Å². The number of hydrogen-bond acceptors (Lipinski definition) is 3. The predicted octanol–water partition coefficient (Wildman–Crippen LogP) is 2.41. The summed E-state index contributed by atoms with van der Waals surface area (Å²) in [6.45, 7) is -0.510. The van der Waals surface area contributed by atoms with Crippen molar-refractivity contribution >= 4 is 0 Å². The minimum atomic E-state index is -4.63. The van der Waals surface area contributed by atoms with Gasteiger partial charge in [0.25, 0.3) is 0 Å². The molecule has 0 aliphatic rings. The zero-order chi connectivity index (χ0) is 13.8. The molecule has 0 amide bonds. The largest absolute Gasteiger partial charge is 0.416 e. The van der Waals surface area contributed by atoms with E-state index in [4.69, 9.17) is 5.53 Å². The third-order valence-electron chi connectivity index (χ3n) is 2.28. The van der Waals surface area contributed by atoms with E-state index in [0.29, 0.717) is 0 Å². The van der Waals surface area contributed by atoms with Gasteiger partial charge in [-0.25, -0.2) is 0 Å². The average molecular weight is 261 g/mol. The first kappa shape index (κ1) is 14.3. The second-order valence-corrected chi connectivity index (χ2v) is 3.51. The first-order valence-electron chi connectivity index (χ1n) is 4.91. The van der Waals surface area contributed by atoms with Gasteiger partial charge in [-0.3, -0.25) is 0 Å². The van der Waals surface area contributed by atoms with Crippen molar-refractivity contribution < 1.29 is 23.4 Å². The van der Waals surface area contributed by atoms with Gasteiger partial charge in [0.2, 0.25) is 0 Å². The van der Waals surface area contributed by atoms with E-state index in [0.717, 1.165) is 12.1 Å². The monoisotopic (exact) mass is 261 g/mol. The Morgan fingerprint density at radius 3 is 2.44 bits per heavy atom. The molecule has 0 fully saturated rings. The van der Waals surface area contributed by atoms with Gasteiger partial charge in [-0.1, -0.05) is 23.3 Å². The topological polar surface area (TPSA) is 89.2 Å². The summed E-state index contributed by atoms with van der Waals surface area (Å²) in [5.74, 6) is 0. The smallest absolute Gasteiger partial charge is 0.390 e. The Morgan fingerprint density at radius 2 is 1.89 bits per heavy atom. The van der Waals surface area contributed by atoms with E-state index in [9.17, 15) is 23.4 Å². The van der Waals surface area contributed by atoms with E-state index in [1.165, 1.54) is 12.1 Å². The van der Waals surface area contributed by atoms with Crippen molar-refractivity contribution in [1.82, 2.24) is 0 Å². The van der Waals surface area contributed by atoms with Crippen molar-refractivity contribution in [1.29, 1.82) is 0 Å². The Hall–Kier alpha value is -1.76. The fourth-order valence-corrected chi connectivity index (χ4v) is 1.44. The van der Waals surface area contributed by atoms with Crippen LogP contribution in [0.3, 0.4) is 0 Å². The number of aliphatic hydroxyl groups is 2. The Balaban J connectivity index is 3.05. The molecule has 1 aromatic rings. The summed E-state index contributed by atoms with van der Waals surface area (Å²) in [4.78, 5) is 2.35. The van der Waals surface area contributed by atoms with E-state index in [2.05, 4.69) is 10.0 Å². The van der Waals surface area contributed by atoms with Crippen LogP contribution in [0.15, 0.2) is 29.4 Å². The van der Waals surface area contributed by atoms with Gasteiger partial charge in [0.1, 0.15) is 6.10 Å². The van der Waals surface area contributed by atoms with E-state index < -0.39 is 36.1 Å². The molecular formula is C10H10F3N3O2. The summed E-state index contributed by atoms with van der Waals surface area (Å²) >= 11 is 0. The lowest BCUT2D eigenvalue weighted by molar-refractivity contribution is -0.139. The van der Waals surface area contributed by atoms with Gasteiger partial charge in [-0.05, 0) is 17.2 Å². The number of rotatable bonds is 4. The van der Waals surface area contributed by atoms with Crippen molar-refractivity contribution in [2.45, 2.75) is 18.4 Å². The molecule has 2 unspecified atom stereocenters. The number of nitrogens with zero attached hydrogens (tertiary/aromatic N) is 3. The molecule has 1 aromatic carbocycles. The minimum Gasteiger partial charge on any atom is -0.390 e. The number of aliphatic hydroxyl groups excluding tert-OH is 2. The van der Waals surface area contributed by atoms with E-state index >= 15 is 0 Å². The van der Waals surface area contributed by atoms with Crippen LogP contribution < -0.4 is 0 Å². The van der Waals surface area contributed by atoms with Gasteiger partial charge in [-0.2, -0.15) is 13.2 Å². The number of hydrogen-bond donors (Lipinski definition) is 2. The van der Waals surface area contributed by atoms with Crippen molar-refractivity contribution in [2.75, 3.05) is 6.54 Å². The SMILES string of the molecule is [N-]=[N+]=NCC(O)C(O)c1ccccc1C(F)(F)F. The van der Waals surface area contributed by atoms with E-state index in [-0.39, 0.29) is 0 Å². The van der Waals surface area contributed by atoms with Crippen LogP contribution in [0.4, 0.5) is 13.2 Å². The highest BCUT2D eigenvalue weighted by Crippen LogP contribution is 2.35. The molecule has 0 aliphatic heterocycles. The molecule has 2 N–H and O–H groups in total. The Labute approximate surface area is 100 Å². The summed E-state index contributed by atoms with van der Waals surface area (Å²) in [7, 11) is 0. The first-order valence-corrected chi connectivity index (χ1v) is 4.91. The lowest BCUT2D eigenvalue weighted by Gasteiger charge is -2.20. The fraction of sp³-hybridized carbons (Fsp3) is 0.400. The normalized spacial score (nSPS) is 14.7. The maximum Gasteiger partial charge on any atom is 0.416 e. The zero-order valence-corrected chi connectivity index (χ0v) is 9.04. The van der Waals surface area contributed by atoms with Crippen LogP contribution in [0.5, 0.6) is 0 Å². The molecule has 18 heavy (non-hydrogen) atoms. The summed E-state index contributed by atoms with van der Waals surface area (Å²) in [6, 6.07) is 4.36. The van der Waals surface area contributed by atoms with Crippen LogP contribution in [0.25, 0.3) is 10.4 Å². The van der Waals surface area contributed by atoms with Crippen molar-refractivity contribution in [3.05, 3.63) is 45.8 Å². The molecule has 8 heteroatoms. The Kier molecular flexibility index (Phi) is 4.55. The number of alkyl halides is 3. The minimum absolute atomic E-state index is 0.453. The van der Waals surface area contributed by atoms with Crippen molar-refractivity contribution in [2.24, 2.45) is 5.11 Å². The number of benzene rings is 1. The molecule has 98 valence electrons. The van der Waals surface area contributed by atoms with Crippen LogP contribution in [0.1, 0.15) is 17.2 Å². The summed E-state index contributed by atoms with van der Waals surface area (Å²) in [5, 5.41) is 22.0. The Morgan fingerprint density at radius 1 is 1.28 bits per heavy atom. The second-order valence-electron chi connectivity index (χ2n) is 3.51. The highest BCUT2D eigenvalue weighted by Gasteiger charge is 2.35. The van der Waals surface area contributed by atoms with Gasteiger partial charge in [0.05, 0.1) is 18.2 Å². The predicted molar refractivity (Wildman–Crippen MR) is 56.4 cm³/mol. The van der Waals surface area contributed by atoms with Gasteiger partial charge in [0.15, 0.2) is 0 Å². The molecule has 1 rings (SSSR count). The fourth-order valence-electron chi connectivity index (χ4n) is 1.44. The van der Waals surface area contributed by atoms with Crippen molar-refractivity contribution in [3.8, 4) is 0 Å². The van der Waals surface area contributed by atoms with Crippen LogP contribution in [-0.4, -0.2) is 22.9 Å². The maximum absolute atomic E-state index is 12.6. The standard InChI is InChI=1S/C10H10F3N3O2/c11-10(12,13)7-4-2-1-3-6(7)9(18)8(17)5-15-16-14/h1-4,8-9,17-18H,5H2. The van der Waals surface area contributed by atoms with E-state index in [1.54, 1.807) is 0 Å². The van der Waals surface area contributed by atoms with Gasteiger partial charge < -0.3 is 10.2 Å². The highest BCUT2D eigenvalue weighted by atomic mass is 19.4. The van der Waals surface area contributed by atoms with Gasteiger partial charge >= 0.3 is 6.18 Å². The highest BCUT2D eigenvalue weighted by molar-refractivity contribution is 5.32. The molecule has 0 heterocycles. The molecular weight excluding hydrogens is 251 g/mol. The molecule has 0 radical (unpaired) electrons. The third kappa shape index (κ3) is 3.36. The molecule has 0 bridgehead atoms. The number of halogens is 3. The lowest BCUT2D eigenvalue weighted by atomic mass is 9.98. The first-order chi connectivity index (χ1) is 8.38. The second kappa shape index (κ2) is 5.72. The third-order valence-corrected chi connectivity index (χ3v) is 2.28. The molecule has 0 aromatic heterocycles. The Bertz CT molecular complexity index is 458. The van der Waals surface area contributed by atoms with Crippen molar-refractivity contribution in [3.63, 3.8) is 0 Å². The average Bonchev–Trinajstić information content (AvgIpc) is 2.34. The van der Waals surface area contributed by atoms with Crippen LogP contribution in [0.2, 0.25) is 0 Å². The summed E-state index contributed by atoms with van der Waals surface area (Å²) in [6.07, 6.45) is -7.99. The molecule has 0 spiro atoms.